The van der Waals surface area contributed by atoms with Crippen LogP contribution in [-0.4, -0.2) is 27.4 Å². The summed E-state index contributed by atoms with van der Waals surface area (Å²) in [6, 6.07) is 5.79. The van der Waals surface area contributed by atoms with Crippen molar-refractivity contribution in [1.82, 2.24) is 4.90 Å². The van der Waals surface area contributed by atoms with Gasteiger partial charge in [0.1, 0.15) is 4.32 Å². The fourth-order valence-corrected chi connectivity index (χ4v) is 2.81. The third-order valence-electron chi connectivity index (χ3n) is 2.76. The lowest BCUT2D eigenvalue weighted by Gasteiger charge is -2.15. The van der Waals surface area contributed by atoms with E-state index in [1.807, 2.05) is 32.0 Å². The Labute approximate surface area is 105 Å². The van der Waals surface area contributed by atoms with Crippen molar-refractivity contribution in [3.63, 3.8) is 0 Å². The Morgan fingerprint density at radius 2 is 2.12 bits per heavy atom. The standard InChI is InChI=1S/C12H13NOS2/c1-8-3-4-10(7-9(8)2)11(14)13-5-6-16-12(13)15/h3-4,7H,5-6H2,1-2H3. The molecule has 1 fully saturated rings. The maximum absolute atomic E-state index is 12.1. The fraction of sp³-hybridized carbons (Fsp3) is 0.333. The highest BCUT2D eigenvalue weighted by molar-refractivity contribution is 8.23. The van der Waals surface area contributed by atoms with Gasteiger partial charge in [-0.3, -0.25) is 9.69 Å². The van der Waals surface area contributed by atoms with E-state index in [1.165, 1.54) is 5.56 Å². The molecule has 1 aliphatic rings. The maximum atomic E-state index is 12.1. The first-order valence-electron chi connectivity index (χ1n) is 5.15. The number of rotatable bonds is 1. The van der Waals surface area contributed by atoms with Gasteiger partial charge in [0.15, 0.2) is 0 Å². The van der Waals surface area contributed by atoms with Crippen LogP contribution in [0, 0.1) is 13.8 Å². The SMILES string of the molecule is Cc1ccc(C(=O)N2CCSC2=S)cc1C. The molecule has 4 heteroatoms. The third kappa shape index (κ3) is 2.13. The van der Waals surface area contributed by atoms with Crippen molar-refractivity contribution in [1.29, 1.82) is 0 Å². The van der Waals surface area contributed by atoms with Gasteiger partial charge in [0.05, 0.1) is 0 Å². The summed E-state index contributed by atoms with van der Waals surface area (Å²) < 4.78 is 0.697. The molecular formula is C12H13NOS2. The van der Waals surface area contributed by atoms with E-state index in [-0.39, 0.29) is 5.91 Å². The second kappa shape index (κ2) is 4.55. The van der Waals surface area contributed by atoms with Gasteiger partial charge < -0.3 is 0 Å². The van der Waals surface area contributed by atoms with Crippen LogP contribution in [0.2, 0.25) is 0 Å². The average molecular weight is 251 g/mol. The Balaban J connectivity index is 2.27. The minimum atomic E-state index is 0.0260. The molecule has 1 aliphatic heterocycles. The van der Waals surface area contributed by atoms with E-state index in [2.05, 4.69) is 0 Å². The van der Waals surface area contributed by atoms with Gasteiger partial charge in [-0.25, -0.2) is 0 Å². The van der Waals surface area contributed by atoms with Crippen LogP contribution >= 0.6 is 24.0 Å². The summed E-state index contributed by atoms with van der Waals surface area (Å²) in [7, 11) is 0. The minimum Gasteiger partial charge on any atom is -0.293 e. The lowest BCUT2D eigenvalue weighted by molar-refractivity contribution is 0.0861. The van der Waals surface area contributed by atoms with Gasteiger partial charge in [0, 0.05) is 17.9 Å². The molecule has 1 aromatic carbocycles. The molecular weight excluding hydrogens is 238 g/mol. The number of hydrogen-bond donors (Lipinski definition) is 0. The molecule has 1 heterocycles. The van der Waals surface area contributed by atoms with Crippen LogP contribution in [0.15, 0.2) is 18.2 Å². The number of nitrogens with zero attached hydrogens (tertiary/aromatic N) is 1. The topological polar surface area (TPSA) is 20.3 Å². The normalized spacial score (nSPS) is 15.6. The molecule has 1 saturated heterocycles. The first-order chi connectivity index (χ1) is 7.59. The van der Waals surface area contributed by atoms with Gasteiger partial charge in [0.2, 0.25) is 0 Å². The Hall–Kier alpha value is -0.870. The zero-order valence-electron chi connectivity index (χ0n) is 9.32. The Kier molecular flexibility index (Phi) is 3.30. The molecule has 0 N–H and O–H groups in total. The van der Waals surface area contributed by atoms with Crippen molar-refractivity contribution < 1.29 is 4.79 Å². The highest BCUT2D eigenvalue weighted by atomic mass is 32.2. The number of carbonyl (C=O) groups excluding carboxylic acids is 1. The van der Waals surface area contributed by atoms with Crippen molar-refractivity contribution in [3.05, 3.63) is 34.9 Å². The lowest BCUT2D eigenvalue weighted by atomic mass is 10.1. The number of thioether (sulfide) groups is 1. The molecule has 1 aromatic rings. The van der Waals surface area contributed by atoms with Crippen molar-refractivity contribution >= 4 is 34.2 Å². The molecule has 0 atom stereocenters. The van der Waals surface area contributed by atoms with Gasteiger partial charge in [-0.2, -0.15) is 0 Å². The molecule has 0 unspecified atom stereocenters. The van der Waals surface area contributed by atoms with Crippen LogP contribution in [0.25, 0.3) is 0 Å². The van der Waals surface area contributed by atoms with Crippen LogP contribution in [0.1, 0.15) is 21.5 Å². The van der Waals surface area contributed by atoms with Crippen LogP contribution in [0.4, 0.5) is 0 Å². The predicted octanol–water partition coefficient (Wildman–Crippen LogP) is 2.78. The average Bonchev–Trinajstić information content (AvgIpc) is 2.67. The van der Waals surface area contributed by atoms with Gasteiger partial charge >= 0.3 is 0 Å². The van der Waals surface area contributed by atoms with Gasteiger partial charge in [0.25, 0.3) is 5.91 Å². The highest BCUT2D eigenvalue weighted by Gasteiger charge is 2.25. The second-order valence-electron chi connectivity index (χ2n) is 3.87. The molecule has 16 heavy (non-hydrogen) atoms. The first-order valence-corrected chi connectivity index (χ1v) is 6.55. The van der Waals surface area contributed by atoms with Crippen molar-refractivity contribution in [2.45, 2.75) is 13.8 Å². The van der Waals surface area contributed by atoms with Gasteiger partial charge in [-0.05, 0) is 37.1 Å². The Morgan fingerprint density at radius 3 is 2.69 bits per heavy atom. The lowest BCUT2D eigenvalue weighted by Crippen LogP contribution is -2.30. The van der Waals surface area contributed by atoms with Crippen molar-refractivity contribution in [2.75, 3.05) is 12.3 Å². The van der Waals surface area contributed by atoms with Gasteiger partial charge in [-0.15, -0.1) is 0 Å². The molecule has 1 amide bonds. The highest BCUT2D eigenvalue weighted by Crippen LogP contribution is 2.21. The van der Waals surface area contributed by atoms with E-state index < -0.39 is 0 Å². The van der Waals surface area contributed by atoms with E-state index in [1.54, 1.807) is 16.7 Å². The van der Waals surface area contributed by atoms with E-state index in [0.717, 1.165) is 23.4 Å². The van der Waals surface area contributed by atoms with Crippen LogP contribution in [0.3, 0.4) is 0 Å². The Morgan fingerprint density at radius 1 is 1.38 bits per heavy atom. The van der Waals surface area contributed by atoms with Gasteiger partial charge in [-0.1, -0.05) is 30.0 Å². The molecule has 2 nitrogen and oxygen atoms in total. The largest absolute Gasteiger partial charge is 0.293 e. The molecule has 2 rings (SSSR count). The zero-order chi connectivity index (χ0) is 11.7. The second-order valence-corrected chi connectivity index (χ2v) is 5.60. The van der Waals surface area contributed by atoms with E-state index >= 15 is 0 Å². The number of aryl methyl sites for hydroxylation is 2. The number of carbonyl (C=O) groups is 1. The summed E-state index contributed by atoms with van der Waals surface area (Å²) in [4.78, 5) is 13.8. The third-order valence-corrected chi connectivity index (χ3v) is 4.19. The minimum absolute atomic E-state index is 0.0260. The van der Waals surface area contributed by atoms with Crippen LogP contribution < -0.4 is 0 Å². The summed E-state index contributed by atoms with van der Waals surface area (Å²) in [6.07, 6.45) is 0. The molecule has 0 saturated carbocycles. The summed E-state index contributed by atoms with van der Waals surface area (Å²) in [5.41, 5.74) is 3.08. The summed E-state index contributed by atoms with van der Waals surface area (Å²) in [5.74, 6) is 0.938. The first kappa shape index (κ1) is 11.6. The van der Waals surface area contributed by atoms with Crippen molar-refractivity contribution in [3.8, 4) is 0 Å². The fourth-order valence-electron chi connectivity index (χ4n) is 1.61. The predicted molar refractivity (Wildman–Crippen MR) is 72.0 cm³/mol. The summed E-state index contributed by atoms with van der Waals surface area (Å²) >= 11 is 6.72. The number of hydrogen-bond acceptors (Lipinski definition) is 3. The van der Waals surface area contributed by atoms with E-state index in [4.69, 9.17) is 12.2 Å². The molecule has 0 aromatic heterocycles. The van der Waals surface area contributed by atoms with Crippen molar-refractivity contribution in [2.24, 2.45) is 0 Å². The number of thiocarbonyl (C=S) groups is 1. The molecule has 0 aliphatic carbocycles. The maximum Gasteiger partial charge on any atom is 0.259 e. The van der Waals surface area contributed by atoms with Crippen LogP contribution in [0.5, 0.6) is 0 Å². The monoisotopic (exact) mass is 251 g/mol. The zero-order valence-corrected chi connectivity index (χ0v) is 11.0. The van der Waals surface area contributed by atoms with Crippen LogP contribution in [-0.2, 0) is 0 Å². The number of benzene rings is 1. The quantitative estimate of drug-likeness (QED) is 0.716. The summed E-state index contributed by atoms with van der Waals surface area (Å²) in [6.45, 7) is 4.79. The Bertz CT molecular complexity index is 456. The molecule has 84 valence electrons. The smallest absolute Gasteiger partial charge is 0.259 e. The van der Waals surface area contributed by atoms with E-state index in [9.17, 15) is 4.79 Å². The van der Waals surface area contributed by atoms with E-state index in [0.29, 0.717) is 4.32 Å². The summed E-state index contributed by atoms with van der Waals surface area (Å²) in [5, 5.41) is 0. The molecule has 0 radical (unpaired) electrons. The number of amides is 1. The molecule has 0 spiro atoms. The molecule has 0 bridgehead atoms.